The van der Waals surface area contributed by atoms with Crippen molar-refractivity contribution in [2.24, 2.45) is 0 Å². The lowest BCUT2D eigenvalue weighted by atomic mass is 10.1. The number of halogens is 1. The number of carbonyl (C=O) groups is 1. The van der Waals surface area contributed by atoms with Crippen molar-refractivity contribution in [3.63, 3.8) is 0 Å². The fraction of sp³-hybridized carbons (Fsp3) is 0.100. The van der Waals surface area contributed by atoms with E-state index in [0.29, 0.717) is 46.7 Å². The second-order valence-electron chi connectivity index (χ2n) is 5.72. The first-order valence-corrected chi connectivity index (χ1v) is 8.50. The number of fused-ring (bicyclic) bond motifs is 1. The average Bonchev–Trinajstić information content (AvgIpc) is 2.68. The number of pyridine rings is 1. The Morgan fingerprint density at radius 2 is 1.77 bits per heavy atom. The molecule has 0 saturated heterocycles. The predicted octanol–water partition coefficient (Wildman–Crippen LogP) is 4.43. The summed E-state index contributed by atoms with van der Waals surface area (Å²) < 4.78 is 11.0. The van der Waals surface area contributed by atoms with E-state index >= 15 is 0 Å². The van der Waals surface area contributed by atoms with Crippen molar-refractivity contribution in [1.29, 1.82) is 0 Å². The number of hydrogen-bond acceptors (Lipinski definition) is 4. The Morgan fingerprint density at radius 3 is 2.54 bits per heavy atom. The van der Waals surface area contributed by atoms with Gasteiger partial charge in [0.15, 0.2) is 11.5 Å². The van der Waals surface area contributed by atoms with Crippen molar-refractivity contribution in [3.05, 3.63) is 71.4 Å². The van der Waals surface area contributed by atoms with E-state index in [0.717, 1.165) is 5.56 Å². The average molecular weight is 367 g/mol. The standard InChI is InChI=1S/C20H15ClN2O3/c21-16-2-1-9-22-19(16)13-3-5-14(6-4-13)20(24)23-15-7-8-17-18(12-15)26-11-10-25-17/h1-9,12H,10-11H2,(H,23,24). The molecule has 0 atom stereocenters. The fourth-order valence-electron chi connectivity index (χ4n) is 2.70. The summed E-state index contributed by atoms with van der Waals surface area (Å²) in [5.41, 5.74) is 2.73. The summed E-state index contributed by atoms with van der Waals surface area (Å²) in [4.78, 5) is 16.7. The van der Waals surface area contributed by atoms with Gasteiger partial charge in [-0.25, -0.2) is 0 Å². The van der Waals surface area contributed by atoms with Crippen LogP contribution in [0.4, 0.5) is 5.69 Å². The topological polar surface area (TPSA) is 60.5 Å². The number of anilines is 1. The molecule has 130 valence electrons. The zero-order valence-electron chi connectivity index (χ0n) is 13.7. The molecule has 0 unspecified atom stereocenters. The summed E-state index contributed by atoms with van der Waals surface area (Å²) in [6.45, 7) is 1.04. The van der Waals surface area contributed by atoms with Gasteiger partial charge in [-0.3, -0.25) is 9.78 Å². The predicted molar refractivity (Wildman–Crippen MR) is 100 cm³/mol. The van der Waals surface area contributed by atoms with Crippen LogP contribution in [-0.4, -0.2) is 24.1 Å². The van der Waals surface area contributed by atoms with Crippen LogP contribution in [-0.2, 0) is 0 Å². The van der Waals surface area contributed by atoms with Crippen molar-refractivity contribution >= 4 is 23.2 Å². The van der Waals surface area contributed by atoms with Gasteiger partial charge in [-0.15, -0.1) is 0 Å². The molecule has 0 radical (unpaired) electrons. The molecule has 1 aromatic heterocycles. The third-order valence-corrected chi connectivity index (χ3v) is 4.28. The summed E-state index contributed by atoms with van der Waals surface area (Å²) in [6, 6.07) is 16.0. The zero-order valence-corrected chi connectivity index (χ0v) is 14.5. The van der Waals surface area contributed by atoms with Gasteiger partial charge < -0.3 is 14.8 Å². The number of amides is 1. The third-order valence-electron chi connectivity index (χ3n) is 3.98. The summed E-state index contributed by atoms with van der Waals surface area (Å²) >= 11 is 6.16. The minimum atomic E-state index is -0.208. The molecule has 1 amide bonds. The summed E-state index contributed by atoms with van der Waals surface area (Å²) in [6.07, 6.45) is 1.68. The van der Waals surface area contributed by atoms with Gasteiger partial charge in [0.2, 0.25) is 0 Å². The molecular formula is C20H15ClN2O3. The SMILES string of the molecule is O=C(Nc1ccc2c(c1)OCCO2)c1ccc(-c2ncccc2Cl)cc1. The number of ether oxygens (including phenoxy) is 2. The second-order valence-corrected chi connectivity index (χ2v) is 6.13. The molecule has 2 aromatic carbocycles. The molecule has 5 nitrogen and oxygen atoms in total. The van der Waals surface area contributed by atoms with Gasteiger partial charge in [0.05, 0.1) is 10.7 Å². The highest BCUT2D eigenvalue weighted by molar-refractivity contribution is 6.33. The van der Waals surface area contributed by atoms with Gasteiger partial charge in [0, 0.05) is 29.1 Å². The maximum Gasteiger partial charge on any atom is 0.255 e. The number of aromatic nitrogens is 1. The monoisotopic (exact) mass is 366 g/mol. The van der Waals surface area contributed by atoms with Gasteiger partial charge in [0.25, 0.3) is 5.91 Å². The van der Waals surface area contributed by atoms with Gasteiger partial charge in [-0.2, -0.15) is 0 Å². The molecule has 2 heterocycles. The smallest absolute Gasteiger partial charge is 0.255 e. The molecule has 0 fully saturated rings. The van der Waals surface area contributed by atoms with E-state index in [2.05, 4.69) is 10.3 Å². The van der Waals surface area contributed by atoms with Crippen LogP contribution in [0.5, 0.6) is 11.5 Å². The fourth-order valence-corrected chi connectivity index (χ4v) is 2.93. The number of carbonyl (C=O) groups excluding carboxylic acids is 1. The summed E-state index contributed by atoms with van der Waals surface area (Å²) in [5, 5.41) is 3.43. The molecule has 6 heteroatoms. The highest BCUT2D eigenvalue weighted by Crippen LogP contribution is 2.32. The Morgan fingerprint density at radius 1 is 1.00 bits per heavy atom. The van der Waals surface area contributed by atoms with Crippen LogP contribution < -0.4 is 14.8 Å². The lowest BCUT2D eigenvalue weighted by Crippen LogP contribution is -2.16. The van der Waals surface area contributed by atoms with Crippen LogP contribution in [0.15, 0.2) is 60.8 Å². The van der Waals surface area contributed by atoms with Crippen LogP contribution in [0.3, 0.4) is 0 Å². The Bertz CT molecular complexity index is 958. The van der Waals surface area contributed by atoms with Crippen molar-refractivity contribution in [3.8, 4) is 22.8 Å². The number of rotatable bonds is 3. The molecule has 1 aliphatic heterocycles. The van der Waals surface area contributed by atoms with E-state index in [4.69, 9.17) is 21.1 Å². The first-order valence-electron chi connectivity index (χ1n) is 8.13. The van der Waals surface area contributed by atoms with Gasteiger partial charge in [-0.05, 0) is 36.4 Å². The molecule has 0 bridgehead atoms. The third kappa shape index (κ3) is 3.34. The van der Waals surface area contributed by atoms with E-state index < -0.39 is 0 Å². The van der Waals surface area contributed by atoms with Crippen LogP contribution in [0.25, 0.3) is 11.3 Å². The highest BCUT2D eigenvalue weighted by Gasteiger charge is 2.14. The largest absolute Gasteiger partial charge is 0.486 e. The number of nitrogens with zero attached hydrogens (tertiary/aromatic N) is 1. The Balaban J connectivity index is 1.51. The van der Waals surface area contributed by atoms with Gasteiger partial charge >= 0.3 is 0 Å². The molecular weight excluding hydrogens is 352 g/mol. The molecule has 3 aromatic rings. The van der Waals surface area contributed by atoms with Gasteiger partial charge in [-0.1, -0.05) is 23.7 Å². The Hall–Kier alpha value is -3.05. The molecule has 0 aliphatic carbocycles. The van der Waals surface area contributed by atoms with Crippen molar-refractivity contribution in [1.82, 2.24) is 4.98 Å². The first kappa shape index (κ1) is 16.4. The van der Waals surface area contributed by atoms with Crippen molar-refractivity contribution in [2.45, 2.75) is 0 Å². The van der Waals surface area contributed by atoms with E-state index in [1.165, 1.54) is 0 Å². The number of nitrogens with one attached hydrogen (secondary N) is 1. The van der Waals surface area contributed by atoms with Crippen LogP contribution >= 0.6 is 11.6 Å². The van der Waals surface area contributed by atoms with Crippen LogP contribution in [0, 0.1) is 0 Å². The number of benzene rings is 2. The normalized spacial score (nSPS) is 12.5. The molecule has 26 heavy (non-hydrogen) atoms. The molecule has 1 aliphatic rings. The van der Waals surface area contributed by atoms with Crippen LogP contribution in [0.2, 0.25) is 5.02 Å². The molecule has 0 spiro atoms. The van der Waals surface area contributed by atoms with Crippen LogP contribution in [0.1, 0.15) is 10.4 Å². The minimum Gasteiger partial charge on any atom is -0.486 e. The first-order chi connectivity index (χ1) is 12.7. The van der Waals surface area contributed by atoms with E-state index in [9.17, 15) is 4.79 Å². The zero-order chi connectivity index (χ0) is 17.9. The molecule has 4 rings (SSSR count). The minimum absolute atomic E-state index is 0.208. The second kappa shape index (κ2) is 7.06. The van der Waals surface area contributed by atoms with E-state index in [1.807, 2.05) is 12.1 Å². The lowest BCUT2D eigenvalue weighted by Gasteiger charge is -2.19. The highest BCUT2D eigenvalue weighted by atomic mass is 35.5. The molecule has 0 saturated carbocycles. The van der Waals surface area contributed by atoms with E-state index in [-0.39, 0.29) is 5.91 Å². The quantitative estimate of drug-likeness (QED) is 0.745. The number of hydrogen-bond donors (Lipinski definition) is 1. The van der Waals surface area contributed by atoms with Gasteiger partial charge in [0.1, 0.15) is 13.2 Å². The summed E-state index contributed by atoms with van der Waals surface area (Å²) in [7, 11) is 0. The van der Waals surface area contributed by atoms with E-state index in [1.54, 1.807) is 48.7 Å². The lowest BCUT2D eigenvalue weighted by molar-refractivity contribution is 0.102. The molecule has 1 N–H and O–H groups in total. The Labute approximate surface area is 155 Å². The van der Waals surface area contributed by atoms with Crippen molar-refractivity contribution in [2.75, 3.05) is 18.5 Å². The maximum atomic E-state index is 12.5. The maximum absolute atomic E-state index is 12.5. The summed E-state index contributed by atoms with van der Waals surface area (Å²) in [5.74, 6) is 1.11. The Kier molecular flexibility index (Phi) is 4.46. The van der Waals surface area contributed by atoms with Crippen molar-refractivity contribution < 1.29 is 14.3 Å².